The Morgan fingerprint density at radius 3 is 2.50 bits per heavy atom. The highest BCUT2D eigenvalue weighted by Crippen LogP contribution is 2.35. The minimum absolute atomic E-state index is 0.0296. The van der Waals surface area contributed by atoms with Gasteiger partial charge >= 0.3 is 5.97 Å². The molecule has 1 aliphatic carbocycles. The zero-order valence-electron chi connectivity index (χ0n) is 11.7. The van der Waals surface area contributed by atoms with E-state index in [1.807, 2.05) is 13.8 Å². The van der Waals surface area contributed by atoms with Crippen molar-refractivity contribution in [1.29, 1.82) is 0 Å². The van der Waals surface area contributed by atoms with E-state index in [9.17, 15) is 9.90 Å². The fourth-order valence-electron chi connectivity index (χ4n) is 2.67. The van der Waals surface area contributed by atoms with Crippen molar-refractivity contribution in [2.24, 2.45) is 5.41 Å². The highest BCUT2D eigenvalue weighted by atomic mass is 16.5. The zero-order chi connectivity index (χ0) is 13.4. The number of rotatable bonds is 7. The van der Waals surface area contributed by atoms with Crippen LogP contribution in [0.3, 0.4) is 0 Å². The summed E-state index contributed by atoms with van der Waals surface area (Å²) >= 11 is 0. The number of carbonyl (C=O) groups is 1. The van der Waals surface area contributed by atoms with Gasteiger partial charge < -0.3 is 15.2 Å². The third-order valence-corrected chi connectivity index (χ3v) is 3.95. The van der Waals surface area contributed by atoms with Crippen LogP contribution in [-0.4, -0.2) is 36.9 Å². The number of hydrogen-bond donors (Lipinski definition) is 2. The first-order chi connectivity index (χ1) is 8.67. The number of esters is 1. The van der Waals surface area contributed by atoms with E-state index in [1.165, 1.54) is 19.3 Å². The summed E-state index contributed by atoms with van der Waals surface area (Å²) in [5.41, 5.74) is -0.0296. The van der Waals surface area contributed by atoms with E-state index in [0.717, 1.165) is 19.3 Å². The molecule has 0 bridgehead atoms. The largest absolute Gasteiger partial charge is 0.465 e. The van der Waals surface area contributed by atoms with Crippen LogP contribution in [0.15, 0.2) is 0 Å². The van der Waals surface area contributed by atoms with Crippen LogP contribution in [0.2, 0.25) is 0 Å². The average molecular weight is 257 g/mol. The van der Waals surface area contributed by atoms with Crippen molar-refractivity contribution in [1.82, 2.24) is 5.32 Å². The Bertz CT molecular complexity index is 249. The van der Waals surface area contributed by atoms with Gasteiger partial charge in [0, 0.05) is 18.6 Å². The first-order valence-corrected chi connectivity index (χ1v) is 7.18. The molecular formula is C14H27NO3. The SMILES string of the molecule is CCOC(=O)C(CC)NCC1(CO)CCCCC1. The van der Waals surface area contributed by atoms with Gasteiger partial charge in [-0.2, -0.15) is 0 Å². The fraction of sp³-hybridized carbons (Fsp3) is 0.929. The molecule has 4 nitrogen and oxygen atoms in total. The maximum absolute atomic E-state index is 11.7. The van der Waals surface area contributed by atoms with Crippen LogP contribution in [0.1, 0.15) is 52.4 Å². The van der Waals surface area contributed by atoms with Gasteiger partial charge in [0.1, 0.15) is 6.04 Å². The van der Waals surface area contributed by atoms with E-state index in [1.54, 1.807) is 0 Å². The molecule has 18 heavy (non-hydrogen) atoms. The van der Waals surface area contributed by atoms with Crippen LogP contribution >= 0.6 is 0 Å². The Labute approximate surface area is 110 Å². The molecule has 4 heteroatoms. The lowest BCUT2D eigenvalue weighted by atomic mass is 9.74. The second kappa shape index (κ2) is 7.74. The molecule has 0 aliphatic heterocycles. The summed E-state index contributed by atoms with van der Waals surface area (Å²) in [6.45, 7) is 5.13. The molecule has 1 aliphatic rings. The number of aliphatic hydroxyl groups is 1. The van der Waals surface area contributed by atoms with Gasteiger partial charge in [-0.05, 0) is 26.2 Å². The molecule has 1 rings (SSSR count). The minimum atomic E-state index is -0.240. The van der Waals surface area contributed by atoms with E-state index in [2.05, 4.69) is 5.32 Å². The molecule has 0 aromatic carbocycles. The second-order valence-corrected chi connectivity index (χ2v) is 5.31. The fourth-order valence-corrected chi connectivity index (χ4v) is 2.67. The first kappa shape index (κ1) is 15.4. The van der Waals surface area contributed by atoms with Crippen molar-refractivity contribution in [3.8, 4) is 0 Å². The van der Waals surface area contributed by atoms with Crippen LogP contribution in [0.25, 0.3) is 0 Å². The summed E-state index contributed by atoms with van der Waals surface area (Å²) < 4.78 is 5.04. The Kier molecular flexibility index (Phi) is 6.65. The third kappa shape index (κ3) is 4.25. The van der Waals surface area contributed by atoms with Gasteiger partial charge in [0.25, 0.3) is 0 Å². The first-order valence-electron chi connectivity index (χ1n) is 7.18. The van der Waals surface area contributed by atoms with Crippen molar-refractivity contribution < 1.29 is 14.6 Å². The monoisotopic (exact) mass is 257 g/mol. The van der Waals surface area contributed by atoms with E-state index >= 15 is 0 Å². The summed E-state index contributed by atoms with van der Waals surface area (Å²) in [5.74, 6) is -0.177. The van der Waals surface area contributed by atoms with Gasteiger partial charge in [0.15, 0.2) is 0 Å². The van der Waals surface area contributed by atoms with Crippen molar-refractivity contribution >= 4 is 5.97 Å². The summed E-state index contributed by atoms with van der Waals surface area (Å²) in [6, 6.07) is -0.240. The number of ether oxygens (including phenoxy) is 1. The van der Waals surface area contributed by atoms with Crippen LogP contribution in [0.5, 0.6) is 0 Å². The normalized spacial score (nSPS) is 20.4. The summed E-state index contributed by atoms with van der Waals surface area (Å²) in [6.07, 6.45) is 6.44. The Morgan fingerprint density at radius 2 is 2.00 bits per heavy atom. The Balaban J connectivity index is 2.47. The quantitative estimate of drug-likeness (QED) is 0.684. The highest BCUT2D eigenvalue weighted by Gasteiger charge is 2.32. The molecule has 1 unspecified atom stereocenters. The van der Waals surface area contributed by atoms with Gasteiger partial charge in [0.05, 0.1) is 6.61 Å². The summed E-state index contributed by atoms with van der Waals surface area (Å²) in [5, 5.41) is 12.9. The van der Waals surface area contributed by atoms with Crippen molar-refractivity contribution in [3.05, 3.63) is 0 Å². The molecular weight excluding hydrogens is 230 g/mol. The van der Waals surface area contributed by atoms with Gasteiger partial charge in [0.2, 0.25) is 0 Å². The number of aliphatic hydroxyl groups excluding tert-OH is 1. The standard InChI is InChI=1S/C14H27NO3/c1-3-12(13(17)18-4-2)15-10-14(11-16)8-6-5-7-9-14/h12,15-16H,3-11H2,1-2H3. The maximum atomic E-state index is 11.7. The van der Waals surface area contributed by atoms with Gasteiger partial charge in [-0.3, -0.25) is 4.79 Å². The Hall–Kier alpha value is -0.610. The molecule has 0 heterocycles. The van der Waals surface area contributed by atoms with Crippen LogP contribution in [0.4, 0.5) is 0 Å². The van der Waals surface area contributed by atoms with Gasteiger partial charge in [-0.1, -0.05) is 26.2 Å². The molecule has 106 valence electrons. The van der Waals surface area contributed by atoms with E-state index in [0.29, 0.717) is 13.2 Å². The lowest BCUT2D eigenvalue weighted by Crippen LogP contribution is -2.46. The van der Waals surface area contributed by atoms with Crippen LogP contribution in [0, 0.1) is 5.41 Å². The number of carbonyl (C=O) groups excluding carboxylic acids is 1. The molecule has 0 amide bonds. The minimum Gasteiger partial charge on any atom is -0.465 e. The maximum Gasteiger partial charge on any atom is 0.323 e. The van der Waals surface area contributed by atoms with Crippen molar-refractivity contribution in [2.45, 2.75) is 58.4 Å². The number of nitrogens with one attached hydrogen (secondary N) is 1. The summed E-state index contributed by atoms with van der Waals surface area (Å²) in [7, 11) is 0. The lowest BCUT2D eigenvalue weighted by molar-refractivity contribution is -0.146. The van der Waals surface area contributed by atoms with Crippen molar-refractivity contribution in [2.75, 3.05) is 19.8 Å². The summed E-state index contributed by atoms with van der Waals surface area (Å²) in [4.78, 5) is 11.7. The molecule has 1 atom stereocenters. The van der Waals surface area contributed by atoms with E-state index < -0.39 is 0 Å². The van der Waals surface area contributed by atoms with E-state index in [4.69, 9.17) is 4.74 Å². The Morgan fingerprint density at radius 1 is 1.33 bits per heavy atom. The van der Waals surface area contributed by atoms with Crippen molar-refractivity contribution in [3.63, 3.8) is 0 Å². The van der Waals surface area contributed by atoms with Crippen LogP contribution < -0.4 is 5.32 Å². The van der Waals surface area contributed by atoms with E-state index in [-0.39, 0.29) is 24.0 Å². The van der Waals surface area contributed by atoms with Gasteiger partial charge in [-0.15, -0.1) is 0 Å². The van der Waals surface area contributed by atoms with Crippen LogP contribution in [-0.2, 0) is 9.53 Å². The van der Waals surface area contributed by atoms with Gasteiger partial charge in [-0.25, -0.2) is 0 Å². The smallest absolute Gasteiger partial charge is 0.323 e. The molecule has 1 fully saturated rings. The molecule has 0 radical (unpaired) electrons. The average Bonchev–Trinajstić information content (AvgIpc) is 2.41. The predicted octanol–water partition coefficient (Wildman–Crippen LogP) is 1.86. The lowest BCUT2D eigenvalue weighted by Gasteiger charge is -2.36. The molecule has 0 spiro atoms. The topological polar surface area (TPSA) is 58.6 Å². The molecule has 0 saturated heterocycles. The molecule has 0 aromatic heterocycles. The number of hydrogen-bond acceptors (Lipinski definition) is 4. The second-order valence-electron chi connectivity index (χ2n) is 5.31. The third-order valence-electron chi connectivity index (χ3n) is 3.95. The zero-order valence-corrected chi connectivity index (χ0v) is 11.7. The molecule has 1 saturated carbocycles. The molecule has 0 aromatic rings. The highest BCUT2D eigenvalue weighted by molar-refractivity contribution is 5.75. The molecule has 2 N–H and O–H groups in total. The predicted molar refractivity (Wildman–Crippen MR) is 71.3 cm³/mol.